The molecule has 1 aromatic carbocycles. The van der Waals surface area contributed by atoms with Gasteiger partial charge in [-0.15, -0.1) is 0 Å². The summed E-state index contributed by atoms with van der Waals surface area (Å²) >= 11 is 0. The molecule has 1 heterocycles. The fourth-order valence-electron chi connectivity index (χ4n) is 2.04. The van der Waals surface area contributed by atoms with Crippen molar-refractivity contribution < 1.29 is 0 Å². The van der Waals surface area contributed by atoms with E-state index in [1.807, 2.05) is 31.0 Å². The summed E-state index contributed by atoms with van der Waals surface area (Å²) in [5, 5.41) is 7.67. The third-order valence-electron chi connectivity index (χ3n) is 2.90. The van der Waals surface area contributed by atoms with Gasteiger partial charge in [-0.1, -0.05) is 19.4 Å². The van der Waals surface area contributed by atoms with Crippen molar-refractivity contribution in [1.29, 1.82) is 0 Å². The van der Waals surface area contributed by atoms with Crippen LogP contribution >= 0.6 is 0 Å². The molecule has 3 nitrogen and oxygen atoms in total. The van der Waals surface area contributed by atoms with Crippen molar-refractivity contribution in [3.05, 3.63) is 36.0 Å². The molecule has 0 aliphatic heterocycles. The van der Waals surface area contributed by atoms with Crippen LogP contribution in [0, 0.1) is 0 Å². The van der Waals surface area contributed by atoms with E-state index in [0.717, 1.165) is 18.5 Å². The molecule has 17 heavy (non-hydrogen) atoms. The number of nitrogens with one attached hydrogen (secondary N) is 1. The maximum absolute atomic E-state index is 4.43. The van der Waals surface area contributed by atoms with E-state index in [2.05, 4.69) is 35.5 Å². The first-order valence-electron chi connectivity index (χ1n) is 6.05. The molecule has 0 saturated heterocycles. The predicted octanol–water partition coefficient (Wildman–Crippen LogP) is 3.08. The fourth-order valence-corrected chi connectivity index (χ4v) is 2.04. The van der Waals surface area contributed by atoms with Gasteiger partial charge < -0.3 is 5.32 Å². The van der Waals surface area contributed by atoms with E-state index in [-0.39, 0.29) is 0 Å². The lowest BCUT2D eigenvalue weighted by Gasteiger charge is -2.09. The molecule has 1 N–H and O–H groups in total. The number of nitrogens with zero attached hydrogens (tertiary/aromatic N) is 2. The first kappa shape index (κ1) is 11.7. The fraction of sp³-hybridized carbons (Fsp3) is 0.357. The molecule has 0 saturated carbocycles. The molecule has 0 unspecified atom stereocenters. The summed E-state index contributed by atoms with van der Waals surface area (Å²) in [4.78, 5) is 0. The molecule has 2 aromatic rings. The predicted molar refractivity (Wildman–Crippen MR) is 72.2 cm³/mol. The van der Waals surface area contributed by atoms with Gasteiger partial charge in [-0.25, -0.2) is 0 Å². The smallest absolute Gasteiger partial charge is 0.0923 e. The second-order valence-electron chi connectivity index (χ2n) is 4.25. The summed E-state index contributed by atoms with van der Waals surface area (Å²) in [6.07, 6.45) is 4.22. The van der Waals surface area contributed by atoms with E-state index in [4.69, 9.17) is 0 Å². The Morgan fingerprint density at radius 1 is 1.29 bits per heavy atom. The van der Waals surface area contributed by atoms with Crippen LogP contribution < -0.4 is 5.32 Å². The molecule has 0 radical (unpaired) electrons. The van der Waals surface area contributed by atoms with Crippen LogP contribution in [0.25, 0.3) is 11.3 Å². The standard InChI is InChI=1S/C14H19N3/c1-4-5-11-10-12(6-7-13(11)15-2)14-8-9-17(3)16-14/h6-10,15H,4-5H2,1-3H3. The third kappa shape index (κ3) is 2.49. The Labute approximate surface area is 102 Å². The largest absolute Gasteiger partial charge is 0.388 e. The summed E-state index contributed by atoms with van der Waals surface area (Å²) in [5.74, 6) is 0. The lowest BCUT2D eigenvalue weighted by atomic mass is 10.0. The first-order chi connectivity index (χ1) is 8.24. The van der Waals surface area contributed by atoms with Crippen LogP contribution in [-0.4, -0.2) is 16.8 Å². The normalized spacial score (nSPS) is 10.5. The van der Waals surface area contributed by atoms with Crippen molar-refractivity contribution in [1.82, 2.24) is 9.78 Å². The Morgan fingerprint density at radius 3 is 2.71 bits per heavy atom. The average Bonchev–Trinajstić information content (AvgIpc) is 2.76. The number of aryl methyl sites for hydroxylation is 2. The molecule has 90 valence electrons. The van der Waals surface area contributed by atoms with Crippen molar-refractivity contribution in [2.45, 2.75) is 19.8 Å². The van der Waals surface area contributed by atoms with E-state index in [0.29, 0.717) is 0 Å². The minimum absolute atomic E-state index is 1.03. The van der Waals surface area contributed by atoms with Gasteiger partial charge in [0, 0.05) is 31.5 Å². The van der Waals surface area contributed by atoms with Crippen molar-refractivity contribution >= 4 is 5.69 Å². The Bertz CT molecular complexity index is 500. The van der Waals surface area contributed by atoms with Gasteiger partial charge in [0.05, 0.1) is 5.69 Å². The number of aromatic nitrogens is 2. The van der Waals surface area contributed by atoms with E-state index in [9.17, 15) is 0 Å². The Balaban J connectivity index is 2.39. The van der Waals surface area contributed by atoms with Gasteiger partial charge in [0.15, 0.2) is 0 Å². The summed E-state index contributed by atoms with van der Waals surface area (Å²) in [6, 6.07) is 8.53. The van der Waals surface area contributed by atoms with Crippen LogP contribution in [0.5, 0.6) is 0 Å². The zero-order valence-corrected chi connectivity index (χ0v) is 10.7. The van der Waals surface area contributed by atoms with Crippen molar-refractivity contribution in [2.75, 3.05) is 12.4 Å². The average molecular weight is 229 g/mol. The minimum Gasteiger partial charge on any atom is -0.388 e. The van der Waals surface area contributed by atoms with E-state index in [1.54, 1.807) is 0 Å². The lowest BCUT2D eigenvalue weighted by Crippen LogP contribution is -1.96. The maximum atomic E-state index is 4.43. The summed E-state index contributed by atoms with van der Waals surface area (Å²) < 4.78 is 1.83. The van der Waals surface area contributed by atoms with Crippen LogP contribution in [0.2, 0.25) is 0 Å². The second-order valence-corrected chi connectivity index (χ2v) is 4.25. The highest BCUT2D eigenvalue weighted by molar-refractivity contribution is 5.65. The van der Waals surface area contributed by atoms with E-state index in [1.165, 1.54) is 16.8 Å². The monoisotopic (exact) mass is 229 g/mol. The summed E-state index contributed by atoms with van der Waals surface area (Å²) in [6.45, 7) is 2.20. The Morgan fingerprint density at radius 2 is 2.12 bits per heavy atom. The molecule has 0 aliphatic rings. The van der Waals surface area contributed by atoms with Gasteiger partial charge in [-0.2, -0.15) is 5.10 Å². The van der Waals surface area contributed by atoms with Crippen LogP contribution in [-0.2, 0) is 13.5 Å². The van der Waals surface area contributed by atoms with E-state index < -0.39 is 0 Å². The number of hydrogen-bond donors (Lipinski definition) is 1. The van der Waals surface area contributed by atoms with Gasteiger partial charge in [-0.3, -0.25) is 4.68 Å². The maximum Gasteiger partial charge on any atom is 0.0923 e. The third-order valence-corrected chi connectivity index (χ3v) is 2.90. The lowest BCUT2D eigenvalue weighted by molar-refractivity contribution is 0.771. The summed E-state index contributed by atoms with van der Waals surface area (Å²) in [5.41, 5.74) is 4.80. The molecule has 0 amide bonds. The molecule has 0 aliphatic carbocycles. The van der Waals surface area contributed by atoms with Gasteiger partial charge in [0.2, 0.25) is 0 Å². The molecule has 2 rings (SSSR count). The highest BCUT2D eigenvalue weighted by Gasteiger charge is 2.05. The molecule has 0 atom stereocenters. The van der Waals surface area contributed by atoms with Gasteiger partial charge in [-0.05, 0) is 30.2 Å². The van der Waals surface area contributed by atoms with Crippen LogP contribution in [0.3, 0.4) is 0 Å². The topological polar surface area (TPSA) is 29.9 Å². The van der Waals surface area contributed by atoms with Gasteiger partial charge >= 0.3 is 0 Å². The van der Waals surface area contributed by atoms with Crippen molar-refractivity contribution in [3.8, 4) is 11.3 Å². The van der Waals surface area contributed by atoms with Crippen molar-refractivity contribution in [3.63, 3.8) is 0 Å². The minimum atomic E-state index is 1.03. The molecular formula is C14H19N3. The number of hydrogen-bond acceptors (Lipinski definition) is 2. The molecule has 3 heteroatoms. The molecular weight excluding hydrogens is 210 g/mol. The highest BCUT2D eigenvalue weighted by Crippen LogP contribution is 2.24. The Kier molecular flexibility index (Phi) is 3.47. The molecule has 0 bridgehead atoms. The number of anilines is 1. The van der Waals surface area contributed by atoms with E-state index >= 15 is 0 Å². The summed E-state index contributed by atoms with van der Waals surface area (Å²) in [7, 11) is 3.91. The van der Waals surface area contributed by atoms with Gasteiger partial charge in [0.1, 0.15) is 0 Å². The SMILES string of the molecule is CCCc1cc(-c2ccn(C)n2)ccc1NC. The van der Waals surface area contributed by atoms with Crippen LogP contribution in [0.4, 0.5) is 5.69 Å². The van der Waals surface area contributed by atoms with Crippen molar-refractivity contribution in [2.24, 2.45) is 7.05 Å². The zero-order valence-electron chi connectivity index (χ0n) is 10.7. The van der Waals surface area contributed by atoms with Crippen LogP contribution in [0.15, 0.2) is 30.5 Å². The highest BCUT2D eigenvalue weighted by atomic mass is 15.2. The van der Waals surface area contributed by atoms with Crippen LogP contribution in [0.1, 0.15) is 18.9 Å². The molecule has 1 aromatic heterocycles. The number of rotatable bonds is 4. The Hall–Kier alpha value is -1.77. The number of benzene rings is 1. The molecule has 0 spiro atoms. The zero-order chi connectivity index (χ0) is 12.3. The second kappa shape index (κ2) is 5.04. The molecule has 0 fully saturated rings. The first-order valence-corrected chi connectivity index (χ1v) is 6.05. The quantitative estimate of drug-likeness (QED) is 0.873. The van der Waals surface area contributed by atoms with Gasteiger partial charge in [0.25, 0.3) is 0 Å².